The average molecular weight is 281 g/mol. The standard InChI is InChI=1S/C12H13BrN2O/c1-9-14-15-12(16-9)4-2-3-10-5-7-11(13)8-6-10/h5-8H,2-4H2,1H3. The van der Waals surface area contributed by atoms with Gasteiger partial charge in [0.25, 0.3) is 0 Å². The quantitative estimate of drug-likeness (QED) is 0.863. The van der Waals surface area contributed by atoms with Crippen LogP contribution in [0.2, 0.25) is 0 Å². The van der Waals surface area contributed by atoms with Crippen LogP contribution in [-0.2, 0) is 12.8 Å². The van der Waals surface area contributed by atoms with E-state index in [0.29, 0.717) is 5.89 Å². The molecule has 16 heavy (non-hydrogen) atoms. The largest absolute Gasteiger partial charge is 0.426 e. The molecule has 2 aromatic rings. The zero-order chi connectivity index (χ0) is 11.4. The van der Waals surface area contributed by atoms with Crippen molar-refractivity contribution < 1.29 is 4.42 Å². The van der Waals surface area contributed by atoms with Crippen LogP contribution in [0.1, 0.15) is 23.8 Å². The van der Waals surface area contributed by atoms with Crippen LogP contribution in [0.3, 0.4) is 0 Å². The molecule has 2 rings (SSSR count). The topological polar surface area (TPSA) is 38.9 Å². The van der Waals surface area contributed by atoms with Gasteiger partial charge >= 0.3 is 0 Å². The summed E-state index contributed by atoms with van der Waals surface area (Å²) in [6.07, 6.45) is 2.91. The second-order valence-corrected chi connectivity index (χ2v) is 4.61. The van der Waals surface area contributed by atoms with E-state index in [1.54, 1.807) is 0 Å². The fourth-order valence-electron chi connectivity index (χ4n) is 1.53. The zero-order valence-corrected chi connectivity index (χ0v) is 10.7. The number of aromatic nitrogens is 2. The number of hydrogen-bond acceptors (Lipinski definition) is 3. The van der Waals surface area contributed by atoms with Gasteiger partial charge in [-0.2, -0.15) is 0 Å². The lowest BCUT2D eigenvalue weighted by molar-refractivity contribution is 0.462. The molecule has 0 aliphatic rings. The molecule has 0 spiro atoms. The maximum Gasteiger partial charge on any atom is 0.216 e. The number of benzene rings is 1. The number of hydrogen-bond donors (Lipinski definition) is 0. The van der Waals surface area contributed by atoms with E-state index in [9.17, 15) is 0 Å². The summed E-state index contributed by atoms with van der Waals surface area (Å²) in [5, 5.41) is 7.77. The summed E-state index contributed by atoms with van der Waals surface area (Å²) in [6, 6.07) is 8.38. The molecule has 4 heteroatoms. The van der Waals surface area contributed by atoms with Gasteiger partial charge in [-0.1, -0.05) is 28.1 Å². The molecule has 0 saturated carbocycles. The van der Waals surface area contributed by atoms with Crippen LogP contribution in [-0.4, -0.2) is 10.2 Å². The molecule has 0 aliphatic heterocycles. The Hall–Kier alpha value is -1.16. The highest BCUT2D eigenvalue weighted by atomic mass is 79.9. The Morgan fingerprint density at radius 3 is 2.50 bits per heavy atom. The van der Waals surface area contributed by atoms with Gasteiger partial charge in [-0.3, -0.25) is 0 Å². The molecule has 1 aromatic carbocycles. The first kappa shape index (κ1) is 11.3. The lowest BCUT2D eigenvalue weighted by Gasteiger charge is -1.99. The summed E-state index contributed by atoms with van der Waals surface area (Å²) >= 11 is 3.42. The molecule has 0 aliphatic carbocycles. The van der Waals surface area contributed by atoms with E-state index in [4.69, 9.17) is 4.42 Å². The molecule has 0 saturated heterocycles. The van der Waals surface area contributed by atoms with Gasteiger partial charge in [0.15, 0.2) is 0 Å². The lowest BCUT2D eigenvalue weighted by atomic mass is 10.1. The minimum Gasteiger partial charge on any atom is -0.426 e. The van der Waals surface area contributed by atoms with Crippen LogP contribution < -0.4 is 0 Å². The first-order valence-corrected chi connectivity index (χ1v) is 6.07. The Morgan fingerprint density at radius 1 is 1.12 bits per heavy atom. The van der Waals surface area contributed by atoms with Gasteiger partial charge in [-0.05, 0) is 30.5 Å². The van der Waals surface area contributed by atoms with E-state index in [2.05, 4.69) is 50.4 Å². The fourth-order valence-corrected chi connectivity index (χ4v) is 1.80. The Kier molecular flexibility index (Phi) is 3.72. The Balaban J connectivity index is 1.82. The number of nitrogens with zero attached hydrogens (tertiary/aromatic N) is 2. The van der Waals surface area contributed by atoms with Crippen molar-refractivity contribution in [3.05, 3.63) is 46.1 Å². The van der Waals surface area contributed by atoms with Gasteiger partial charge in [0.05, 0.1) is 0 Å². The molecule has 0 fully saturated rings. The second-order valence-electron chi connectivity index (χ2n) is 3.69. The molecule has 0 radical (unpaired) electrons. The van der Waals surface area contributed by atoms with Crippen LogP contribution in [0.25, 0.3) is 0 Å². The maximum absolute atomic E-state index is 5.31. The second kappa shape index (κ2) is 5.25. The van der Waals surface area contributed by atoms with Crippen molar-refractivity contribution >= 4 is 15.9 Å². The van der Waals surface area contributed by atoms with E-state index >= 15 is 0 Å². The van der Waals surface area contributed by atoms with Gasteiger partial charge < -0.3 is 4.42 Å². The van der Waals surface area contributed by atoms with E-state index < -0.39 is 0 Å². The summed E-state index contributed by atoms with van der Waals surface area (Å²) < 4.78 is 6.43. The molecular formula is C12H13BrN2O. The van der Waals surface area contributed by atoms with Gasteiger partial charge in [-0.15, -0.1) is 10.2 Å². The minimum absolute atomic E-state index is 0.638. The first-order valence-electron chi connectivity index (χ1n) is 5.27. The lowest BCUT2D eigenvalue weighted by Crippen LogP contribution is -1.90. The SMILES string of the molecule is Cc1nnc(CCCc2ccc(Br)cc2)o1. The first-order chi connectivity index (χ1) is 7.74. The molecule has 84 valence electrons. The Bertz CT molecular complexity index is 450. The van der Waals surface area contributed by atoms with Crippen LogP contribution in [0, 0.1) is 6.92 Å². The smallest absolute Gasteiger partial charge is 0.216 e. The Morgan fingerprint density at radius 2 is 1.88 bits per heavy atom. The molecule has 0 atom stereocenters. The molecule has 1 aromatic heterocycles. The summed E-state index contributed by atoms with van der Waals surface area (Å²) in [4.78, 5) is 0. The number of halogens is 1. The zero-order valence-electron chi connectivity index (χ0n) is 9.11. The predicted molar refractivity (Wildman–Crippen MR) is 65.2 cm³/mol. The predicted octanol–water partition coefficient (Wildman–Crippen LogP) is 3.32. The van der Waals surface area contributed by atoms with Crippen molar-refractivity contribution in [3.63, 3.8) is 0 Å². The van der Waals surface area contributed by atoms with Gasteiger partial charge in [0.1, 0.15) is 0 Å². The number of aryl methyl sites for hydroxylation is 3. The van der Waals surface area contributed by atoms with Crippen molar-refractivity contribution in [1.29, 1.82) is 0 Å². The third-order valence-electron chi connectivity index (χ3n) is 2.34. The third-order valence-corrected chi connectivity index (χ3v) is 2.87. The third kappa shape index (κ3) is 3.17. The van der Waals surface area contributed by atoms with E-state index in [1.165, 1.54) is 5.56 Å². The van der Waals surface area contributed by atoms with Crippen molar-refractivity contribution in [2.24, 2.45) is 0 Å². The molecular weight excluding hydrogens is 268 g/mol. The summed E-state index contributed by atoms with van der Waals surface area (Å²) in [5.41, 5.74) is 1.33. The monoisotopic (exact) mass is 280 g/mol. The van der Waals surface area contributed by atoms with Crippen molar-refractivity contribution in [1.82, 2.24) is 10.2 Å². The average Bonchev–Trinajstić information content (AvgIpc) is 2.67. The van der Waals surface area contributed by atoms with Crippen molar-refractivity contribution in [2.75, 3.05) is 0 Å². The van der Waals surface area contributed by atoms with Crippen LogP contribution >= 0.6 is 15.9 Å². The van der Waals surface area contributed by atoms with Crippen molar-refractivity contribution in [3.8, 4) is 0 Å². The molecule has 3 nitrogen and oxygen atoms in total. The highest BCUT2D eigenvalue weighted by Crippen LogP contribution is 2.12. The maximum atomic E-state index is 5.31. The summed E-state index contributed by atoms with van der Waals surface area (Å²) in [6.45, 7) is 1.81. The fraction of sp³-hybridized carbons (Fsp3) is 0.333. The van der Waals surface area contributed by atoms with Crippen LogP contribution in [0.5, 0.6) is 0 Å². The normalized spacial score (nSPS) is 10.6. The van der Waals surface area contributed by atoms with Crippen LogP contribution in [0.4, 0.5) is 0 Å². The van der Waals surface area contributed by atoms with Gasteiger partial charge in [0.2, 0.25) is 11.8 Å². The summed E-state index contributed by atoms with van der Waals surface area (Å²) in [7, 11) is 0. The molecule has 0 N–H and O–H groups in total. The van der Waals surface area contributed by atoms with E-state index in [1.807, 2.05) is 6.92 Å². The van der Waals surface area contributed by atoms with E-state index in [0.717, 1.165) is 29.6 Å². The molecule has 0 unspecified atom stereocenters. The van der Waals surface area contributed by atoms with E-state index in [-0.39, 0.29) is 0 Å². The highest BCUT2D eigenvalue weighted by Gasteiger charge is 2.02. The highest BCUT2D eigenvalue weighted by molar-refractivity contribution is 9.10. The minimum atomic E-state index is 0.638. The Labute approximate surface area is 103 Å². The van der Waals surface area contributed by atoms with Crippen LogP contribution in [0.15, 0.2) is 33.2 Å². The number of rotatable bonds is 4. The molecule has 0 bridgehead atoms. The molecule has 1 heterocycles. The summed E-state index contributed by atoms with van der Waals surface area (Å²) in [5.74, 6) is 1.37. The van der Waals surface area contributed by atoms with Crippen molar-refractivity contribution in [2.45, 2.75) is 26.2 Å². The van der Waals surface area contributed by atoms with Gasteiger partial charge in [-0.25, -0.2) is 0 Å². The molecule has 0 amide bonds. The van der Waals surface area contributed by atoms with Gasteiger partial charge in [0, 0.05) is 17.8 Å².